The summed E-state index contributed by atoms with van der Waals surface area (Å²) in [5, 5.41) is 7.14. The van der Waals surface area contributed by atoms with Gasteiger partial charge in [-0.1, -0.05) is 26.0 Å². The van der Waals surface area contributed by atoms with Gasteiger partial charge in [-0.3, -0.25) is 4.79 Å². The summed E-state index contributed by atoms with van der Waals surface area (Å²) in [6.07, 6.45) is 0. The van der Waals surface area contributed by atoms with Gasteiger partial charge in [-0.25, -0.2) is 4.68 Å². The molecule has 3 rings (SSSR count). The second kappa shape index (κ2) is 8.12. The molecule has 0 radical (unpaired) electrons. The molecule has 0 spiro atoms. The van der Waals surface area contributed by atoms with Crippen LogP contribution in [0.15, 0.2) is 46.9 Å². The molecule has 0 saturated heterocycles. The van der Waals surface area contributed by atoms with Gasteiger partial charge in [0.1, 0.15) is 23.9 Å². The maximum absolute atomic E-state index is 12.4. The first-order chi connectivity index (χ1) is 13.0. The molecule has 27 heavy (non-hydrogen) atoms. The third-order valence-corrected chi connectivity index (χ3v) is 4.26. The van der Waals surface area contributed by atoms with Gasteiger partial charge in [0, 0.05) is 12.6 Å². The Morgan fingerprint density at radius 1 is 1.22 bits per heavy atom. The lowest BCUT2D eigenvalue weighted by Crippen LogP contribution is -2.14. The van der Waals surface area contributed by atoms with Gasteiger partial charge in [-0.05, 0) is 49.6 Å². The highest BCUT2D eigenvalue weighted by Gasteiger charge is 2.14. The van der Waals surface area contributed by atoms with Gasteiger partial charge in [0.2, 0.25) is 0 Å². The first-order valence-corrected chi connectivity index (χ1v) is 9.13. The van der Waals surface area contributed by atoms with Crippen LogP contribution in [0.5, 0.6) is 5.75 Å². The van der Waals surface area contributed by atoms with Crippen LogP contribution in [0.25, 0.3) is 0 Å². The summed E-state index contributed by atoms with van der Waals surface area (Å²) in [6, 6.07) is 13.2. The topological polar surface area (TPSA) is 69.3 Å². The summed E-state index contributed by atoms with van der Waals surface area (Å²) in [5.41, 5.74) is 2.12. The molecule has 1 N–H and O–H groups in total. The van der Waals surface area contributed by atoms with Gasteiger partial charge < -0.3 is 14.5 Å². The molecule has 1 amide bonds. The predicted molar refractivity (Wildman–Crippen MR) is 104 cm³/mol. The molecular formula is C21H25N3O3. The van der Waals surface area contributed by atoms with E-state index in [0.29, 0.717) is 24.0 Å². The van der Waals surface area contributed by atoms with Crippen molar-refractivity contribution < 1.29 is 13.9 Å². The van der Waals surface area contributed by atoms with E-state index in [-0.39, 0.29) is 18.3 Å². The minimum atomic E-state index is -0.308. The van der Waals surface area contributed by atoms with Gasteiger partial charge in [0.25, 0.3) is 5.91 Å². The van der Waals surface area contributed by atoms with Gasteiger partial charge >= 0.3 is 0 Å². The molecule has 3 aromatic rings. The zero-order valence-corrected chi connectivity index (χ0v) is 16.2. The fourth-order valence-corrected chi connectivity index (χ4v) is 2.75. The number of hydrogen-bond donors (Lipinski definition) is 1. The fourth-order valence-electron chi connectivity index (χ4n) is 2.75. The summed E-state index contributed by atoms with van der Waals surface area (Å²) in [5.74, 6) is 2.43. The van der Waals surface area contributed by atoms with E-state index in [2.05, 4.69) is 36.4 Å². The second-order valence-electron chi connectivity index (χ2n) is 6.72. The Hall–Kier alpha value is -3.02. The van der Waals surface area contributed by atoms with E-state index >= 15 is 0 Å². The molecule has 0 aliphatic carbocycles. The third kappa shape index (κ3) is 4.58. The quantitative estimate of drug-likeness (QED) is 0.654. The molecule has 0 aliphatic heterocycles. The summed E-state index contributed by atoms with van der Waals surface area (Å²) < 4.78 is 13.1. The highest BCUT2D eigenvalue weighted by molar-refractivity contribution is 6.01. The van der Waals surface area contributed by atoms with Gasteiger partial charge in [0.05, 0.1) is 5.69 Å². The highest BCUT2D eigenvalue weighted by Crippen LogP contribution is 2.20. The van der Waals surface area contributed by atoms with Crippen LogP contribution in [0.4, 0.5) is 5.82 Å². The molecular weight excluding hydrogens is 342 g/mol. The van der Waals surface area contributed by atoms with Crippen molar-refractivity contribution in [2.24, 2.45) is 0 Å². The van der Waals surface area contributed by atoms with Crippen LogP contribution in [0.3, 0.4) is 0 Å². The van der Waals surface area contributed by atoms with E-state index < -0.39 is 0 Å². The molecule has 6 nitrogen and oxygen atoms in total. The van der Waals surface area contributed by atoms with E-state index in [4.69, 9.17) is 9.15 Å². The fraction of sp³-hybridized carbons (Fsp3) is 0.333. The highest BCUT2D eigenvalue weighted by atomic mass is 16.5. The van der Waals surface area contributed by atoms with Crippen molar-refractivity contribution in [3.05, 3.63) is 65.2 Å². The summed E-state index contributed by atoms with van der Waals surface area (Å²) >= 11 is 0. The van der Waals surface area contributed by atoms with E-state index in [0.717, 1.165) is 11.4 Å². The number of nitrogens with zero attached hydrogens (tertiary/aromatic N) is 2. The minimum absolute atomic E-state index is 0.241. The summed E-state index contributed by atoms with van der Waals surface area (Å²) in [4.78, 5) is 12.4. The van der Waals surface area contributed by atoms with Crippen molar-refractivity contribution in [3.63, 3.8) is 0 Å². The van der Waals surface area contributed by atoms with Crippen molar-refractivity contribution in [1.82, 2.24) is 9.78 Å². The summed E-state index contributed by atoms with van der Waals surface area (Å²) in [7, 11) is 0. The molecule has 0 fully saturated rings. The SMILES string of the molecule is CCn1nc(C)cc1NC(=O)c1ccc(COc2ccc(C(C)C)cc2)o1. The monoisotopic (exact) mass is 367 g/mol. The molecule has 2 heterocycles. The average Bonchev–Trinajstić information content (AvgIpc) is 3.26. The molecule has 6 heteroatoms. The number of hydrogen-bond acceptors (Lipinski definition) is 4. The van der Waals surface area contributed by atoms with Crippen LogP contribution >= 0.6 is 0 Å². The standard InChI is InChI=1S/C21H25N3O3/c1-5-24-20(12-15(4)23-24)22-21(25)19-11-10-18(27-19)13-26-17-8-6-16(7-9-17)14(2)3/h6-12,14H,5,13H2,1-4H3,(H,22,25). The Morgan fingerprint density at radius 3 is 2.63 bits per heavy atom. The molecule has 0 atom stereocenters. The molecule has 0 aliphatic rings. The van der Waals surface area contributed by atoms with Gasteiger partial charge in [0.15, 0.2) is 5.76 Å². The van der Waals surface area contributed by atoms with Crippen LogP contribution in [-0.2, 0) is 13.2 Å². The van der Waals surface area contributed by atoms with Crippen LogP contribution in [0.2, 0.25) is 0 Å². The normalized spacial score (nSPS) is 11.0. The number of benzene rings is 1. The minimum Gasteiger partial charge on any atom is -0.486 e. The first-order valence-electron chi connectivity index (χ1n) is 9.13. The Morgan fingerprint density at radius 2 is 1.96 bits per heavy atom. The number of carbonyl (C=O) groups is 1. The van der Waals surface area contributed by atoms with Crippen molar-refractivity contribution in [2.45, 2.75) is 46.8 Å². The van der Waals surface area contributed by atoms with Crippen molar-refractivity contribution >= 4 is 11.7 Å². The molecule has 0 saturated carbocycles. The molecule has 0 unspecified atom stereocenters. The predicted octanol–water partition coefficient (Wildman–Crippen LogP) is 4.76. The largest absolute Gasteiger partial charge is 0.486 e. The van der Waals surface area contributed by atoms with Crippen molar-refractivity contribution in [3.8, 4) is 5.75 Å². The zero-order valence-electron chi connectivity index (χ0n) is 16.2. The number of carbonyl (C=O) groups excluding carboxylic acids is 1. The Balaban J connectivity index is 1.59. The molecule has 142 valence electrons. The smallest absolute Gasteiger partial charge is 0.292 e. The third-order valence-electron chi connectivity index (χ3n) is 4.26. The van der Waals surface area contributed by atoms with E-state index in [9.17, 15) is 4.79 Å². The Kier molecular flexibility index (Phi) is 5.64. The zero-order chi connectivity index (χ0) is 19.4. The lowest BCUT2D eigenvalue weighted by molar-refractivity contribution is 0.0991. The lowest BCUT2D eigenvalue weighted by atomic mass is 10.0. The first kappa shape index (κ1) is 18.8. The average molecular weight is 367 g/mol. The number of amides is 1. The Labute approximate surface area is 159 Å². The number of furan rings is 1. The molecule has 0 bridgehead atoms. The molecule has 2 aromatic heterocycles. The van der Waals surface area contributed by atoms with Gasteiger partial charge in [-0.15, -0.1) is 0 Å². The van der Waals surface area contributed by atoms with Crippen LogP contribution < -0.4 is 10.1 Å². The number of aryl methyl sites for hydroxylation is 2. The van der Waals surface area contributed by atoms with E-state index in [1.165, 1.54) is 5.56 Å². The second-order valence-corrected chi connectivity index (χ2v) is 6.72. The van der Waals surface area contributed by atoms with E-state index in [1.54, 1.807) is 16.8 Å². The van der Waals surface area contributed by atoms with E-state index in [1.807, 2.05) is 32.0 Å². The maximum Gasteiger partial charge on any atom is 0.292 e. The van der Waals surface area contributed by atoms with Crippen LogP contribution in [-0.4, -0.2) is 15.7 Å². The number of nitrogens with one attached hydrogen (secondary N) is 1. The molecule has 1 aromatic carbocycles. The number of ether oxygens (including phenoxy) is 1. The van der Waals surface area contributed by atoms with Crippen molar-refractivity contribution in [2.75, 3.05) is 5.32 Å². The maximum atomic E-state index is 12.4. The Bertz CT molecular complexity index is 907. The van der Waals surface area contributed by atoms with Crippen molar-refractivity contribution in [1.29, 1.82) is 0 Å². The lowest BCUT2D eigenvalue weighted by Gasteiger charge is -2.08. The van der Waals surface area contributed by atoms with Gasteiger partial charge in [-0.2, -0.15) is 5.10 Å². The number of rotatable bonds is 7. The number of anilines is 1. The number of aromatic nitrogens is 2. The van der Waals surface area contributed by atoms with Crippen LogP contribution in [0.1, 0.15) is 54.3 Å². The van der Waals surface area contributed by atoms with Crippen LogP contribution in [0, 0.1) is 6.92 Å². The summed E-state index contributed by atoms with van der Waals surface area (Å²) in [6.45, 7) is 9.10.